The van der Waals surface area contributed by atoms with Crippen molar-refractivity contribution in [2.75, 3.05) is 28.4 Å². The summed E-state index contributed by atoms with van der Waals surface area (Å²) < 4.78 is 21.0. The summed E-state index contributed by atoms with van der Waals surface area (Å²) in [5.41, 5.74) is 2.56. The second kappa shape index (κ2) is 9.95. The Labute approximate surface area is 207 Å². The molecular formula is C26H27NO7S. The number of allylic oxidation sites excluding steroid dienone is 3. The van der Waals surface area contributed by atoms with E-state index in [4.69, 9.17) is 18.9 Å². The van der Waals surface area contributed by atoms with Crippen LogP contribution in [0.25, 0.3) is 0 Å². The maximum atomic E-state index is 14.1. The number of esters is 2. The minimum absolute atomic E-state index is 0.296. The highest BCUT2D eigenvalue weighted by Gasteiger charge is 2.49. The van der Waals surface area contributed by atoms with Crippen molar-refractivity contribution in [2.24, 2.45) is 5.92 Å². The van der Waals surface area contributed by atoms with Gasteiger partial charge in [0.2, 0.25) is 0 Å². The number of methoxy groups -OCH3 is 4. The van der Waals surface area contributed by atoms with Gasteiger partial charge in [0.25, 0.3) is 0 Å². The summed E-state index contributed by atoms with van der Waals surface area (Å²) in [4.78, 5) is 40.8. The van der Waals surface area contributed by atoms with Crippen LogP contribution < -0.4 is 14.8 Å². The zero-order valence-corrected chi connectivity index (χ0v) is 21.0. The molecule has 0 saturated heterocycles. The van der Waals surface area contributed by atoms with Crippen LogP contribution in [0.2, 0.25) is 0 Å². The molecule has 1 N–H and O–H groups in total. The number of rotatable bonds is 6. The molecule has 0 radical (unpaired) electrons. The number of carbonyl (C=O) groups is 3. The highest BCUT2D eigenvalue weighted by atomic mass is 32.1. The standard InChI is InChI=1S/C26H27NO7S/c1-13-20(25(29)33-4)21(14-8-9-17(31-2)18(11-14)32-3)23-16(27-13)12-15(19-7-6-10-35-19)22(24(23)28)26(30)34-5/h6-11,15,21-22,27H,12H2,1-5H3/t15-,21-,22+/m0/s1. The van der Waals surface area contributed by atoms with Gasteiger partial charge in [-0.15, -0.1) is 11.3 Å². The normalized spacial score (nSPS) is 21.7. The summed E-state index contributed by atoms with van der Waals surface area (Å²) in [5, 5.41) is 5.18. The number of ketones is 1. The third kappa shape index (κ3) is 4.20. The molecule has 3 atom stereocenters. The van der Waals surface area contributed by atoms with Gasteiger partial charge in [0.15, 0.2) is 17.3 Å². The summed E-state index contributed by atoms with van der Waals surface area (Å²) in [5.74, 6) is -2.74. The van der Waals surface area contributed by atoms with E-state index in [2.05, 4.69) is 5.32 Å². The van der Waals surface area contributed by atoms with E-state index in [1.807, 2.05) is 17.5 Å². The van der Waals surface area contributed by atoms with Gasteiger partial charge >= 0.3 is 11.9 Å². The second-order valence-corrected chi connectivity index (χ2v) is 9.27. The van der Waals surface area contributed by atoms with Crippen LogP contribution in [-0.4, -0.2) is 46.2 Å². The number of carbonyl (C=O) groups excluding carboxylic acids is 3. The van der Waals surface area contributed by atoms with Crippen molar-refractivity contribution in [3.63, 3.8) is 0 Å². The number of hydrogen-bond donors (Lipinski definition) is 1. The van der Waals surface area contributed by atoms with E-state index in [-0.39, 0.29) is 11.7 Å². The Morgan fingerprint density at radius 2 is 1.77 bits per heavy atom. The van der Waals surface area contributed by atoms with Gasteiger partial charge in [-0.2, -0.15) is 0 Å². The van der Waals surface area contributed by atoms with E-state index < -0.39 is 23.8 Å². The molecule has 8 nitrogen and oxygen atoms in total. The topological polar surface area (TPSA) is 100 Å². The van der Waals surface area contributed by atoms with Crippen LogP contribution >= 0.6 is 11.3 Å². The van der Waals surface area contributed by atoms with E-state index in [9.17, 15) is 14.4 Å². The fraction of sp³-hybridized carbons (Fsp3) is 0.346. The number of benzene rings is 1. The van der Waals surface area contributed by atoms with Gasteiger partial charge in [-0.25, -0.2) is 4.79 Å². The van der Waals surface area contributed by atoms with Crippen molar-refractivity contribution in [1.82, 2.24) is 5.32 Å². The van der Waals surface area contributed by atoms with E-state index >= 15 is 0 Å². The van der Waals surface area contributed by atoms with Crippen LogP contribution in [0.5, 0.6) is 11.5 Å². The summed E-state index contributed by atoms with van der Waals surface area (Å²) in [6.45, 7) is 1.78. The van der Waals surface area contributed by atoms with Gasteiger partial charge < -0.3 is 24.3 Å². The van der Waals surface area contributed by atoms with Crippen molar-refractivity contribution in [3.8, 4) is 11.5 Å². The van der Waals surface area contributed by atoms with Crippen molar-refractivity contribution in [1.29, 1.82) is 0 Å². The fourth-order valence-corrected chi connectivity index (χ4v) is 5.81. The third-order valence-electron chi connectivity index (χ3n) is 6.53. The molecule has 1 aromatic heterocycles. The summed E-state index contributed by atoms with van der Waals surface area (Å²) in [7, 11) is 5.62. The lowest BCUT2D eigenvalue weighted by Gasteiger charge is -2.39. The Kier molecular flexibility index (Phi) is 6.98. The molecule has 0 saturated carbocycles. The molecule has 0 unspecified atom stereocenters. The molecule has 0 amide bonds. The van der Waals surface area contributed by atoms with E-state index in [1.54, 1.807) is 25.1 Å². The molecule has 0 spiro atoms. The molecule has 9 heteroatoms. The number of dihydropyridines is 1. The molecule has 1 aliphatic carbocycles. The SMILES string of the molecule is COC(=O)C1=C(C)NC2=C(C(=O)[C@H](C(=O)OC)[C@H](c3cccs3)C2)[C@H]1c1ccc(OC)c(OC)c1. The quantitative estimate of drug-likeness (QED) is 0.476. The number of ether oxygens (including phenoxy) is 4. The van der Waals surface area contributed by atoms with E-state index in [1.165, 1.54) is 39.8 Å². The molecule has 1 aromatic carbocycles. The van der Waals surface area contributed by atoms with Crippen LogP contribution in [0.1, 0.15) is 35.6 Å². The van der Waals surface area contributed by atoms with Crippen LogP contribution in [0.4, 0.5) is 0 Å². The van der Waals surface area contributed by atoms with Crippen LogP contribution in [-0.2, 0) is 23.9 Å². The highest BCUT2D eigenvalue weighted by molar-refractivity contribution is 7.10. The molecule has 184 valence electrons. The van der Waals surface area contributed by atoms with Crippen LogP contribution in [0, 0.1) is 5.92 Å². The first-order valence-corrected chi connectivity index (χ1v) is 11.9. The first-order chi connectivity index (χ1) is 16.9. The third-order valence-corrected chi connectivity index (χ3v) is 7.53. The zero-order chi connectivity index (χ0) is 25.3. The lowest BCUT2D eigenvalue weighted by atomic mass is 9.68. The van der Waals surface area contributed by atoms with Crippen molar-refractivity contribution >= 4 is 29.1 Å². The second-order valence-electron chi connectivity index (χ2n) is 8.29. The Balaban J connectivity index is 1.93. The van der Waals surface area contributed by atoms with Gasteiger partial charge in [0, 0.05) is 33.7 Å². The number of hydrogen-bond acceptors (Lipinski definition) is 9. The number of nitrogens with one attached hydrogen (secondary N) is 1. The summed E-state index contributed by atoms with van der Waals surface area (Å²) in [6, 6.07) is 9.05. The Bertz CT molecular complexity index is 1230. The average molecular weight is 498 g/mol. The predicted octanol–water partition coefficient (Wildman–Crippen LogP) is 3.70. The Hall–Kier alpha value is -3.59. The van der Waals surface area contributed by atoms with Crippen LogP contribution in [0.15, 0.2) is 58.3 Å². The van der Waals surface area contributed by atoms with Crippen molar-refractivity contribution in [3.05, 3.63) is 68.7 Å². The first-order valence-electron chi connectivity index (χ1n) is 11.0. The monoisotopic (exact) mass is 497 g/mol. The van der Waals surface area contributed by atoms with Gasteiger partial charge in [-0.05, 0) is 42.5 Å². The first kappa shape index (κ1) is 24.5. The maximum Gasteiger partial charge on any atom is 0.336 e. The molecule has 35 heavy (non-hydrogen) atoms. The maximum absolute atomic E-state index is 14.1. The Morgan fingerprint density at radius 3 is 2.37 bits per heavy atom. The van der Waals surface area contributed by atoms with E-state index in [0.29, 0.717) is 46.0 Å². The molecule has 2 aliphatic rings. The lowest BCUT2D eigenvalue weighted by Crippen LogP contribution is -2.43. The molecule has 1 aliphatic heterocycles. The molecule has 4 rings (SSSR count). The van der Waals surface area contributed by atoms with Gasteiger partial charge in [0.1, 0.15) is 5.92 Å². The number of Topliss-reactive ketones (excluding diaryl/α,β-unsaturated/α-hetero) is 1. The molecule has 0 bridgehead atoms. The minimum atomic E-state index is -1.03. The largest absolute Gasteiger partial charge is 0.493 e. The van der Waals surface area contributed by atoms with E-state index in [0.717, 1.165) is 4.88 Å². The van der Waals surface area contributed by atoms with Crippen LogP contribution in [0.3, 0.4) is 0 Å². The molecule has 2 aromatic rings. The van der Waals surface area contributed by atoms with Crippen molar-refractivity contribution < 1.29 is 33.3 Å². The van der Waals surface area contributed by atoms with Crippen molar-refractivity contribution in [2.45, 2.75) is 25.2 Å². The van der Waals surface area contributed by atoms with Gasteiger partial charge in [0.05, 0.1) is 34.0 Å². The molecule has 2 heterocycles. The average Bonchev–Trinajstić information content (AvgIpc) is 3.41. The van der Waals surface area contributed by atoms with Gasteiger partial charge in [-0.3, -0.25) is 9.59 Å². The molecular weight excluding hydrogens is 470 g/mol. The molecule has 0 fully saturated rings. The highest BCUT2D eigenvalue weighted by Crippen LogP contribution is 2.49. The lowest BCUT2D eigenvalue weighted by molar-refractivity contribution is -0.149. The fourth-order valence-electron chi connectivity index (χ4n) is 4.95. The Morgan fingerprint density at radius 1 is 1.03 bits per heavy atom. The minimum Gasteiger partial charge on any atom is -0.493 e. The van der Waals surface area contributed by atoms with Gasteiger partial charge in [-0.1, -0.05) is 12.1 Å². The number of thiophene rings is 1. The smallest absolute Gasteiger partial charge is 0.336 e. The summed E-state index contributed by atoms with van der Waals surface area (Å²) >= 11 is 1.49. The predicted molar refractivity (Wildman–Crippen MR) is 129 cm³/mol. The summed E-state index contributed by atoms with van der Waals surface area (Å²) in [6.07, 6.45) is 0.414. The zero-order valence-electron chi connectivity index (χ0n) is 20.2.